The van der Waals surface area contributed by atoms with Crippen molar-refractivity contribution in [1.82, 2.24) is 5.32 Å². The summed E-state index contributed by atoms with van der Waals surface area (Å²) in [5.41, 5.74) is 0.841. The lowest BCUT2D eigenvalue weighted by Crippen LogP contribution is -2.36. The first-order valence-electron chi connectivity index (χ1n) is 8.10. The maximum Gasteiger partial charge on any atom is 0.407 e. The quantitative estimate of drug-likeness (QED) is 0.511. The fraction of sp³-hybridized carbons (Fsp3) is 0.529. The molecule has 0 saturated heterocycles. The Morgan fingerprint density at radius 2 is 1.88 bits per heavy atom. The Morgan fingerprint density at radius 1 is 1.24 bits per heavy atom. The Kier molecular flexibility index (Phi) is 8.66. The number of benzene rings is 1. The maximum atomic E-state index is 12.6. The largest absolute Gasteiger partial charge is 0.461 e. The SMILES string of the molecule is COC(=O)NC(CC(C)C)P(=O)(O)CCC(=O)OCc1ccccc1. The van der Waals surface area contributed by atoms with Gasteiger partial charge in [-0.25, -0.2) is 4.79 Å². The molecule has 0 aliphatic carbocycles. The van der Waals surface area contributed by atoms with Crippen LogP contribution in [0.2, 0.25) is 0 Å². The van der Waals surface area contributed by atoms with Crippen molar-refractivity contribution in [2.45, 2.75) is 39.1 Å². The summed E-state index contributed by atoms with van der Waals surface area (Å²) in [4.78, 5) is 33.5. The van der Waals surface area contributed by atoms with Crippen molar-refractivity contribution in [1.29, 1.82) is 0 Å². The Hall–Kier alpha value is -1.85. The summed E-state index contributed by atoms with van der Waals surface area (Å²) in [7, 11) is -2.60. The van der Waals surface area contributed by atoms with Crippen LogP contribution in [0.15, 0.2) is 30.3 Å². The zero-order chi connectivity index (χ0) is 18.9. The Balaban J connectivity index is 2.56. The summed E-state index contributed by atoms with van der Waals surface area (Å²) in [6, 6.07) is 9.17. The molecular weight excluding hydrogens is 345 g/mol. The van der Waals surface area contributed by atoms with Gasteiger partial charge >= 0.3 is 12.1 Å². The molecule has 0 aromatic heterocycles. The molecular formula is C17H26NO6P. The van der Waals surface area contributed by atoms with E-state index in [1.165, 1.54) is 7.11 Å². The molecule has 0 spiro atoms. The van der Waals surface area contributed by atoms with Gasteiger partial charge in [-0.3, -0.25) is 9.36 Å². The minimum Gasteiger partial charge on any atom is -0.461 e. The van der Waals surface area contributed by atoms with Gasteiger partial charge in [-0.2, -0.15) is 0 Å². The molecule has 0 bridgehead atoms. The van der Waals surface area contributed by atoms with E-state index in [0.717, 1.165) is 5.56 Å². The third-order valence-corrected chi connectivity index (χ3v) is 5.71. The Morgan fingerprint density at radius 3 is 2.44 bits per heavy atom. The number of rotatable bonds is 9. The van der Waals surface area contributed by atoms with Gasteiger partial charge in [-0.05, 0) is 17.9 Å². The van der Waals surface area contributed by atoms with Crippen molar-refractivity contribution < 1.29 is 28.5 Å². The van der Waals surface area contributed by atoms with Crippen LogP contribution in [0, 0.1) is 5.92 Å². The van der Waals surface area contributed by atoms with Crippen LogP contribution in [0.25, 0.3) is 0 Å². The first-order chi connectivity index (χ1) is 11.7. The zero-order valence-electron chi connectivity index (χ0n) is 14.8. The third-order valence-electron chi connectivity index (χ3n) is 3.53. The van der Waals surface area contributed by atoms with E-state index in [1.54, 1.807) is 0 Å². The van der Waals surface area contributed by atoms with Gasteiger partial charge in [0.2, 0.25) is 7.37 Å². The highest BCUT2D eigenvalue weighted by atomic mass is 31.2. The molecule has 1 aromatic carbocycles. The molecule has 0 heterocycles. The van der Waals surface area contributed by atoms with E-state index in [9.17, 15) is 19.0 Å². The lowest BCUT2D eigenvalue weighted by Gasteiger charge is -2.25. The maximum absolute atomic E-state index is 12.6. The number of carbonyl (C=O) groups excluding carboxylic acids is 2. The zero-order valence-corrected chi connectivity index (χ0v) is 15.7. The second-order valence-corrected chi connectivity index (χ2v) is 8.74. The number of nitrogens with one attached hydrogen (secondary N) is 1. The number of methoxy groups -OCH3 is 1. The van der Waals surface area contributed by atoms with Crippen LogP contribution in [-0.2, 0) is 25.4 Å². The van der Waals surface area contributed by atoms with Crippen molar-refractivity contribution in [3.05, 3.63) is 35.9 Å². The van der Waals surface area contributed by atoms with Crippen LogP contribution in [0.5, 0.6) is 0 Å². The van der Waals surface area contributed by atoms with E-state index in [0.29, 0.717) is 6.42 Å². The van der Waals surface area contributed by atoms with E-state index in [4.69, 9.17) is 4.74 Å². The van der Waals surface area contributed by atoms with E-state index in [2.05, 4.69) is 10.1 Å². The predicted octanol–water partition coefficient (Wildman–Crippen LogP) is 3.12. The van der Waals surface area contributed by atoms with Gasteiger partial charge in [0.05, 0.1) is 13.5 Å². The van der Waals surface area contributed by atoms with Crippen LogP contribution < -0.4 is 5.32 Å². The smallest absolute Gasteiger partial charge is 0.407 e. The van der Waals surface area contributed by atoms with Crippen LogP contribution in [0.4, 0.5) is 4.79 Å². The molecule has 0 aliphatic rings. The molecule has 2 atom stereocenters. The average molecular weight is 371 g/mol. The fourth-order valence-corrected chi connectivity index (χ4v) is 4.06. The number of hydrogen-bond acceptors (Lipinski definition) is 5. The second-order valence-electron chi connectivity index (χ2n) is 6.16. The van der Waals surface area contributed by atoms with E-state index in [1.807, 2.05) is 44.2 Å². The number of hydrogen-bond donors (Lipinski definition) is 2. The molecule has 2 N–H and O–H groups in total. The molecule has 140 valence electrons. The first kappa shape index (κ1) is 21.2. The Bertz CT molecular complexity index is 604. The molecule has 0 radical (unpaired) electrons. The number of alkyl carbamates (subject to hydrolysis) is 1. The highest BCUT2D eigenvalue weighted by Crippen LogP contribution is 2.48. The van der Waals surface area contributed by atoms with Crippen LogP contribution >= 0.6 is 7.37 Å². The third kappa shape index (κ3) is 8.18. The van der Waals surface area contributed by atoms with Gasteiger partial charge in [0.25, 0.3) is 0 Å². The minimum atomic E-state index is -3.79. The van der Waals surface area contributed by atoms with Crippen molar-refractivity contribution in [3.63, 3.8) is 0 Å². The van der Waals surface area contributed by atoms with Crippen LogP contribution in [0.3, 0.4) is 0 Å². The van der Waals surface area contributed by atoms with Crippen molar-refractivity contribution in [2.24, 2.45) is 5.92 Å². The van der Waals surface area contributed by atoms with Crippen LogP contribution in [-0.4, -0.2) is 36.0 Å². The summed E-state index contributed by atoms with van der Waals surface area (Å²) >= 11 is 0. The summed E-state index contributed by atoms with van der Waals surface area (Å²) in [5.74, 6) is -1.42. The van der Waals surface area contributed by atoms with Crippen LogP contribution in [0.1, 0.15) is 32.3 Å². The average Bonchev–Trinajstić information content (AvgIpc) is 2.58. The van der Waals surface area contributed by atoms with Gasteiger partial charge < -0.3 is 19.7 Å². The fourth-order valence-electron chi connectivity index (χ4n) is 2.18. The van der Waals surface area contributed by atoms with Crippen molar-refractivity contribution >= 4 is 19.4 Å². The number of amides is 1. The number of carbonyl (C=O) groups is 2. The summed E-state index contributed by atoms with van der Waals surface area (Å²) in [5, 5.41) is 2.39. The first-order valence-corrected chi connectivity index (χ1v) is 10.0. The highest BCUT2D eigenvalue weighted by molar-refractivity contribution is 7.58. The molecule has 8 heteroatoms. The monoisotopic (exact) mass is 371 g/mol. The standard InChI is InChI=1S/C17H26NO6P/c1-13(2)11-15(18-17(20)23-3)25(21,22)10-9-16(19)24-12-14-7-5-4-6-8-14/h4-8,13,15H,9-12H2,1-3H3,(H,18,20)(H,21,22). The molecule has 25 heavy (non-hydrogen) atoms. The van der Waals surface area contributed by atoms with E-state index < -0.39 is 25.2 Å². The Labute approximate surface area is 148 Å². The normalized spacial score (nSPS) is 14.4. The highest BCUT2D eigenvalue weighted by Gasteiger charge is 2.33. The summed E-state index contributed by atoms with van der Waals surface area (Å²) in [6.45, 7) is 3.87. The molecule has 0 fully saturated rings. The number of esters is 1. The summed E-state index contributed by atoms with van der Waals surface area (Å²) in [6.07, 6.45) is -0.922. The number of ether oxygens (including phenoxy) is 2. The predicted molar refractivity (Wildman–Crippen MR) is 94.3 cm³/mol. The summed E-state index contributed by atoms with van der Waals surface area (Å²) < 4.78 is 22.2. The van der Waals surface area contributed by atoms with E-state index in [-0.39, 0.29) is 25.1 Å². The lowest BCUT2D eigenvalue weighted by molar-refractivity contribution is -0.144. The molecule has 0 saturated carbocycles. The molecule has 7 nitrogen and oxygen atoms in total. The van der Waals surface area contributed by atoms with Crippen molar-refractivity contribution in [2.75, 3.05) is 13.3 Å². The van der Waals surface area contributed by atoms with Crippen molar-refractivity contribution in [3.8, 4) is 0 Å². The lowest BCUT2D eigenvalue weighted by atomic mass is 10.1. The molecule has 0 aliphatic heterocycles. The second kappa shape index (κ2) is 10.2. The molecule has 1 aromatic rings. The molecule has 1 amide bonds. The topological polar surface area (TPSA) is 102 Å². The van der Waals surface area contributed by atoms with Gasteiger partial charge in [0.15, 0.2) is 0 Å². The van der Waals surface area contributed by atoms with Gasteiger partial charge in [0.1, 0.15) is 12.4 Å². The van der Waals surface area contributed by atoms with Gasteiger partial charge in [-0.1, -0.05) is 44.2 Å². The van der Waals surface area contributed by atoms with Gasteiger partial charge in [0, 0.05) is 6.16 Å². The van der Waals surface area contributed by atoms with Gasteiger partial charge in [-0.15, -0.1) is 0 Å². The minimum absolute atomic E-state index is 0.0904. The molecule has 2 unspecified atom stereocenters. The molecule has 1 rings (SSSR count). The van der Waals surface area contributed by atoms with E-state index >= 15 is 0 Å².